The molecule has 0 radical (unpaired) electrons. The minimum absolute atomic E-state index is 0.000413. The smallest absolute Gasteiger partial charge is 0.271 e. The molecular weight excluding hydrogens is 306 g/mol. The van der Waals surface area contributed by atoms with Crippen LogP contribution in [-0.4, -0.2) is 24.7 Å². The molecule has 9 heteroatoms. The number of nitro groups is 1. The van der Waals surface area contributed by atoms with Crippen LogP contribution in [0.15, 0.2) is 34.1 Å². The summed E-state index contributed by atoms with van der Waals surface area (Å²) < 4.78 is 7.55. The Morgan fingerprint density at radius 1 is 1.45 bits per heavy atom. The molecule has 0 bridgehead atoms. The van der Waals surface area contributed by atoms with Gasteiger partial charge in [-0.15, -0.1) is 10.2 Å². The average molecular weight is 319 g/mol. The molecule has 1 aromatic carbocycles. The van der Waals surface area contributed by atoms with Gasteiger partial charge in [0, 0.05) is 18.2 Å². The lowest BCUT2D eigenvalue weighted by Crippen LogP contribution is -2.00. The van der Waals surface area contributed by atoms with Crippen molar-refractivity contribution in [3.63, 3.8) is 0 Å². The van der Waals surface area contributed by atoms with Gasteiger partial charge in [0.05, 0.1) is 10.7 Å². The van der Waals surface area contributed by atoms with Crippen molar-refractivity contribution in [1.29, 1.82) is 0 Å². The lowest BCUT2D eigenvalue weighted by Gasteiger charge is -2.08. The maximum Gasteiger partial charge on any atom is 0.271 e. The van der Waals surface area contributed by atoms with Crippen LogP contribution in [0.25, 0.3) is 11.1 Å². The van der Waals surface area contributed by atoms with Gasteiger partial charge in [-0.25, -0.2) is 4.98 Å². The van der Waals surface area contributed by atoms with E-state index in [0.29, 0.717) is 22.7 Å². The van der Waals surface area contributed by atoms with Crippen LogP contribution in [-0.2, 0) is 5.75 Å². The highest BCUT2D eigenvalue weighted by atomic mass is 32.2. The summed E-state index contributed by atoms with van der Waals surface area (Å²) in [6.45, 7) is 4.10. The van der Waals surface area contributed by atoms with Gasteiger partial charge in [-0.3, -0.25) is 10.1 Å². The quantitative estimate of drug-likeness (QED) is 0.404. The Labute approximate surface area is 129 Å². The summed E-state index contributed by atoms with van der Waals surface area (Å²) >= 11 is 1.46. The molecule has 8 nitrogen and oxygen atoms in total. The summed E-state index contributed by atoms with van der Waals surface area (Å²) in [5, 5.41) is 19.5. The highest BCUT2D eigenvalue weighted by Crippen LogP contribution is 2.26. The number of hydrogen-bond acceptors (Lipinski definition) is 7. The molecule has 0 amide bonds. The Kier molecular flexibility index (Phi) is 3.80. The average Bonchev–Trinajstić information content (AvgIpc) is 3.10. The third-order valence-electron chi connectivity index (χ3n) is 3.05. The number of thioether (sulfide) groups is 1. The lowest BCUT2D eigenvalue weighted by atomic mass is 10.3. The zero-order valence-corrected chi connectivity index (χ0v) is 12.8. The number of non-ortho nitro benzene ring substituents is 1. The van der Waals surface area contributed by atoms with Crippen LogP contribution in [0.2, 0.25) is 0 Å². The summed E-state index contributed by atoms with van der Waals surface area (Å²) in [5.41, 5.74) is 1.02. The Hall–Kier alpha value is -2.42. The van der Waals surface area contributed by atoms with E-state index in [9.17, 15) is 10.1 Å². The maximum atomic E-state index is 10.8. The molecule has 0 aliphatic rings. The summed E-state index contributed by atoms with van der Waals surface area (Å²) in [6, 6.07) is 4.64. The number of oxazole rings is 1. The standard InChI is InChI=1S/C13H13N5O3S/c1-8(2)17-7-14-16-13(17)22-6-12-15-10-5-9(18(19)20)3-4-11(10)21-12/h3-5,7-8H,6H2,1-2H3. The van der Waals surface area contributed by atoms with Crippen molar-refractivity contribution in [3.05, 3.63) is 40.5 Å². The fourth-order valence-corrected chi connectivity index (χ4v) is 2.84. The van der Waals surface area contributed by atoms with E-state index in [1.54, 1.807) is 12.4 Å². The van der Waals surface area contributed by atoms with Crippen molar-refractivity contribution in [3.8, 4) is 0 Å². The van der Waals surface area contributed by atoms with Crippen molar-refractivity contribution < 1.29 is 9.34 Å². The number of nitro benzene ring substituents is 1. The third kappa shape index (κ3) is 2.80. The fraction of sp³-hybridized carbons (Fsp3) is 0.308. The molecule has 0 atom stereocenters. The molecule has 0 aliphatic heterocycles. The van der Waals surface area contributed by atoms with Crippen LogP contribution in [0.4, 0.5) is 5.69 Å². The Morgan fingerprint density at radius 3 is 3.00 bits per heavy atom. The van der Waals surface area contributed by atoms with E-state index in [0.717, 1.165) is 5.16 Å². The lowest BCUT2D eigenvalue weighted by molar-refractivity contribution is -0.384. The number of fused-ring (bicyclic) bond motifs is 1. The minimum atomic E-state index is -0.451. The second kappa shape index (κ2) is 5.76. The Balaban J connectivity index is 1.79. The predicted octanol–water partition coefficient (Wildman–Crippen LogP) is 3.20. The SMILES string of the molecule is CC(C)n1cnnc1SCc1nc2cc([N+](=O)[O-])ccc2o1. The highest BCUT2D eigenvalue weighted by molar-refractivity contribution is 7.98. The number of hydrogen-bond donors (Lipinski definition) is 0. The van der Waals surface area contributed by atoms with Crippen molar-refractivity contribution >= 4 is 28.5 Å². The van der Waals surface area contributed by atoms with E-state index in [-0.39, 0.29) is 11.7 Å². The van der Waals surface area contributed by atoms with Crippen LogP contribution in [0.5, 0.6) is 0 Å². The second-order valence-corrected chi connectivity index (χ2v) is 5.86. The van der Waals surface area contributed by atoms with Gasteiger partial charge in [-0.05, 0) is 19.9 Å². The molecule has 0 saturated heterocycles. The van der Waals surface area contributed by atoms with Gasteiger partial charge < -0.3 is 8.98 Å². The molecule has 0 spiro atoms. The van der Waals surface area contributed by atoms with E-state index < -0.39 is 4.92 Å². The van der Waals surface area contributed by atoms with Gasteiger partial charge in [-0.1, -0.05) is 11.8 Å². The first-order chi connectivity index (χ1) is 10.5. The van der Waals surface area contributed by atoms with Gasteiger partial charge in [-0.2, -0.15) is 0 Å². The van der Waals surface area contributed by atoms with Gasteiger partial charge in [0.1, 0.15) is 11.8 Å². The summed E-state index contributed by atoms with van der Waals surface area (Å²) in [6.07, 6.45) is 1.68. The monoisotopic (exact) mass is 319 g/mol. The Bertz CT molecular complexity index is 826. The molecule has 0 aliphatic carbocycles. The Morgan fingerprint density at radius 2 is 2.27 bits per heavy atom. The molecule has 0 N–H and O–H groups in total. The fourth-order valence-electron chi connectivity index (χ4n) is 1.95. The number of nitrogens with zero attached hydrogens (tertiary/aromatic N) is 5. The van der Waals surface area contributed by atoms with Gasteiger partial charge in [0.15, 0.2) is 10.7 Å². The molecule has 0 fully saturated rings. The first-order valence-electron chi connectivity index (χ1n) is 6.61. The third-order valence-corrected chi connectivity index (χ3v) is 3.99. The number of rotatable bonds is 5. The summed E-state index contributed by atoms with van der Waals surface area (Å²) in [5.74, 6) is 0.979. The van der Waals surface area contributed by atoms with Crippen LogP contribution in [0, 0.1) is 10.1 Å². The van der Waals surface area contributed by atoms with Gasteiger partial charge >= 0.3 is 0 Å². The molecule has 2 heterocycles. The molecule has 3 aromatic rings. The van der Waals surface area contributed by atoms with Crippen molar-refractivity contribution in [1.82, 2.24) is 19.7 Å². The molecule has 2 aromatic heterocycles. The van der Waals surface area contributed by atoms with E-state index >= 15 is 0 Å². The second-order valence-electron chi connectivity index (χ2n) is 4.92. The highest BCUT2D eigenvalue weighted by Gasteiger charge is 2.13. The topological polar surface area (TPSA) is 99.9 Å². The van der Waals surface area contributed by atoms with E-state index in [2.05, 4.69) is 15.2 Å². The maximum absolute atomic E-state index is 10.8. The van der Waals surface area contributed by atoms with Crippen LogP contribution >= 0.6 is 11.8 Å². The van der Waals surface area contributed by atoms with Crippen molar-refractivity contribution in [2.75, 3.05) is 0 Å². The van der Waals surface area contributed by atoms with Crippen LogP contribution in [0.1, 0.15) is 25.8 Å². The van der Waals surface area contributed by atoms with E-state index in [1.165, 1.54) is 23.9 Å². The van der Waals surface area contributed by atoms with E-state index in [1.807, 2.05) is 18.4 Å². The molecule has 114 valence electrons. The zero-order valence-electron chi connectivity index (χ0n) is 12.0. The molecule has 0 unspecified atom stereocenters. The van der Waals surface area contributed by atoms with Crippen LogP contribution in [0.3, 0.4) is 0 Å². The zero-order chi connectivity index (χ0) is 15.7. The van der Waals surface area contributed by atoms with E-state index in [4.69, 9.17) is 4.42 Å². The molecule has 22 heavy (non-hydrogen) atoms. The van der Waals surface area contributed by atoms with Crippen molar-refractivity contribution in [2.24, 2.45) is 0 Å². The first-order valence-corrected chi connectivity index (χ1v) is 7.59. The molecule has 3 rings (SSSR count). The van der Waals surface area contributed by atoms with Gasteiger partial charge in [0.2, 0.25) is 5.89 Å². The predicted molar refractivity (Wildman–Crippen MR) is 80.6 cm³/mol. The van der Waals surface area contributed by atoms with Crippen molar-refractivity contribution in [2.45, 2.75) is 30.8 Å². The number of aromatic nitrogens is 4. The summed E-state index contributed by atoms with van der Waals surface area (Å²) in [4.78, 5) is 14.6. The normalized spacial score (nSPS) is 11.4. The minimum Gasteiger partial charge on any atom is -0.440 e. The largest absolute Gasteiger partial charge is 0.440 e. The number of benzene rings is 1. The molecular formula is C13H13N5O3S. The van der Waals surface area contributed by atoms with Gasteiger partial charge in [0.25, 0.3) is 5.69 Å². The molecule has 0 saturated carbocycles. The summed E-state index contributed by atoms with van der Waals surface area (Å²) in [7, 11) is 0. The first kappa shape index (κ1) is 14.5. The van der Waals surface area contributed by atoms with Crippen LogP contribution < -0.4 is 0 Å².